The third-order valence-electron chi connectivity index (χ3n) is 4.99. The predicted molar refractivity (Wildman–Crippen MR) is 97.3 cm³/mol. The standard InChI is InChI=1S/C18H25N3O2.ClH/c1-2-13-5-3-4-6-16(13)21-12-14(11-17(21)22)18(23)20-9-7-15(19)8-10-20;/h3-6,14-15H,2,7-12,19H2,1H3;1H. The van der Waals surface area contributed by atoms with Crippen LogP contribution in [0.25, 0.3) is 0 Å². The molecule has 3 rings (SSSR count). The topological polar surface area (TPSA) is 66.6 Å². The molecule has 6 heteroatoms. The zero-order valence-corrected chi connectivity index (χ0v) is 14.9. The van der Waals surface area contributed by atoms with Gasteiger partial charge in [0.15, 0.2) is 0 Å². The van der Waals surface area contributed by atoms with Crippen molar-refractivity contribution in [3.05, 3.63) is 29.8 Å². The number of piperidine rings is 1. The van der Waals surface area contributed by atoms with Crippen LogP contribution in [0.5, 0.6) is 0 Å². The number of para-hydroxylation sites is 1. The first kappa shape index (κ1) is 18.7. The number of benzene rings is 1. The highest BCUT2D eigenvalue weighted by Gasteiger charge is 2.38. The fourth-order valence-electron chi connectivity index (χ4n) is 3.56. The van der Waals surface area contributed by atoms with Crippen molar-refractivity contribution in [2.75, 3.05) is 24.5 Å². The van der Waals surface area contributed by atoms with Crippen LogP contribution in [0.1, 0.15) is 31.7 Å². The molecule has 2 heterocycles. The Bertz CT molecular complexity index is 600. The molecule has 1 atom stereocenters. The van der Waals surface area contributed by atoms with E-state index in [0.29, 0.717) is 13.0 Å². The molecule has 2 amide bonds. The fourth-order valence-corrected chi connectivity index (χ4v) is 3.56. The highest BCUT2D eigenvalue weighted by atomic mass is 35.5. The van der Waals surface area contributed by atoms with Gasteiger partial charge in [-0.2, -0.15) is 0 Å². The number of rotatable bonds is 3. The van der Waals surface area contributed by atoms with Gasteiger partial charge in [0.2, 0.25) is 11.8 Å². The van der Waals surface area contributed by atoms with E-state index >= 15 is 0 Å². The van der Waals surface area contributed by atoms with Crippen molar-refractivity contribution in [2.45, 2.75) is 38.6 Å². The van der Waals surface area contributed by atoms with E-state index < -0.39 is 0 Å². The largest absolute Gasteiger partial charge is 0.342 e. The van der Waals surface area contributed by atoms with Gasteiger partial charge < -0.3 is 15.5 Å². The summed E-state index contributed by atoms with van der Waals surface area (Å²) < 4.78 is 0. The van der Waals surface area contributed by atoms with E-state index in [1.165, 1.54) is 0 Å². The first-order chi connectivity index (χ1) is 11.1. The summed E-state index contributed by atoms with van der Waals surface area (Å²) in [5.41, 5.74) is 8.01. The first-order valence-corrected chi connectivity index (χ1v) is 8.52. The lowest BCUT2D eigenvalue weighted by atomic mass is 10.0. The van der Waals surface area contributed by atoms with Crippen LogP contribution in [-0.2, 0) is 16.0 Å². The van der Waals surface area contributed by atoms with Crippen molar-refractivity contribution in [1.82, 2.24) is 4.90 Å². The van der Waals surface area contributed by atoms with Gasteiger partial charge in [0, 0.05) is 37.8 Å². The molecule has 0 spiro atoms. The molecule has 0 bridgehead atoms. The molecule has 2 fully saturated rings. The number of nitrogens with zero attached hydrogens (tertiary/aromatic N) is 2. The number of likely N-dealkylation sites (tertiary alicyclic amines) is 1. The lowest BCUT2D eigenvalue weighted by Crippen LogP contribution is -2.45. The van der Waals surface area contributed by atoms with Crippen LogP contribution in [0.4, 0.5) is 5.69 Å². The van der Waals surface area contributed by atoms with Crippen LogP contribution >= 0.6 is 12.4 Å². The lowest BCUT2D eigenvalue weighted by Gasteiger charge is -2.32. The summed E-state index contributed by atoms with van der Waals surface area (Å²) in [7, 11) is 0. The minimum absolute atomic E-state index is 0. The van der Waals surface area contributed by atoms with E-state index in [4.69, 9.17) is 5.73 Å². The van der Waals surface area contributed by atoms with Gasteiger partial charge in [-0.1, -0.05) is 25.1 Å². The Morgan fingerprint density at radius 1 is 1.25 bits per heavy atom. The molecule has 2 aliphatic heterocycles. The second-order valence-corrected chi connectivity index (χ2v) is 6.55. The number of carbonyl (C=O) groups is 2. The van der Waals surface area contributed by atoms with Crippen molar-refractivity contribution in [1.29, 1.82) is 0 Å². The van der Waals surface area contributed by atoms with Crippen molar-refractivity contribution in [3.63, 3.8) is 0 Å². The Labute approximate surface area is 149 Å². The predicted octanol–water partition coefficient (Wildman–Crippen LogP) is 1.97. The Balaban J connectivity index is 0.00000208. The number of hydrogen-bond acceptors (Lipinski definition) is 3. The van der Waals surface area contributed by atoms with E-state index in [2.05, 4.69) is 6.92 Å². The quantitative estimate of drug-likeness (QED) is 0.905. The van der Waals surface area contributed by atoms with Crippen molar-refractivity contribution >= 4 is 29.9 Å². The van der Waals surface area contributed by atoms with Crippen LogP contribution in [0, 0.1) is 5.92 Å². The van der Waals surface area contributed by atoms with Crippen LogP contribution < -0.4 is 10.6 Å². The van der Waals surface area contributed by atoms with Gasteiger partial charge in [0.1, 0.15) is 0 Å². The lowest BCUT2D eigenvalue weighted by molar-refractivity contribution is -0.136. The van der Waals surface area contributed by atoms with Gasteiger partial charge in [-0.15, -0.1) is 12.4 Å². The highest BCUT2D eigenvalue weighted by Crippen LogP contribution is 2.29. The monoisotopic (exact) mass is 351 g/mol. The van der Waals surface area contributed by atoms with E-state index in [1.807, 2.05) is 29.2 Å². The molecule has 0 aromatic heterocycles. The molecule has 0 aliphatic carbocycles. The number of hydrogen-bond donors (Lipinski definition) is 1. The maximum atomic E-state index is 12.7. The molecule has 132 valence electrons. The van der Waals surface area contributed by atoms with Gasteiger partial charge in [0.25, 0.3) is 0 Å². The van der Waals surface area contributed by atoms with E-state index in [-0.39, 0.29) is 36.2 Å². The Kier molecular flexibility index (Phi) is 6.24. The summed E-state index contributed by atoms with van der Waals surface area (Å²) in [6.45, 7) is 4.02. The van der Waals surface area contributed by atoms with Crippen molar-refractivity contribution in [3.8, 4) is 0 Å². The Morgan fingerprint density at radius 2 is 1.92 bits per heavy atom. The SMILES string of the molecule is CCc1ccccc1N1CC(C(=O)N2CCC(N)CC2)CC1=O.Cl. The molecular weight excluding hydrogens is 326 g/mol. The second kappa shape index (κ2) is 7.99. The minimum atomic E-state index is -0.221. The highest BCUT2D eigenvalue weighted by molar-refractivity contribution is 6.00. The minimum Gasteiger partial charge on any atom is -0.342 e. The smallest absolute Gasteiger partial charge is 0.228 e. The molecule has 1 unspecified atom stereocenters. The summed E-state index contributed by atoms with van der Waals surface area (Å²) in [5.74, 6) is -0.0542. The number of anilines is 1. The normalized spacial score (nSPS) is 21.8. The molecule has 2 N–H and O–H groups in total. The third-order valence-corrected chi connectivity index (χ3v) is 4.99. The Morgan fingerprint density at radius 3 is 2.58 bits per heavy atom. The van der Waals surface area contributed by atoms with E-state index in [0.717, 1.165) is 43.6 Å². The molecule has 1 aromatic carbocycles. The molecule has 24 heavy (non-hydrogen) atoms. The van der Waals surface area contributed by atoms with Gasteiger partial charge in [-0.3, -0.25) is 9.59 Å². The fraction of sp³-hybridized carbons (Fsp3) is 0.556. The average Bonchev–Trinajstić information content (AvgIpc) is 2.96. The maximum Gasteiger partial charge on any atom is 0.228 e. The Hall–Kier alpha value is -1.59. The van der Waals surface area contributed by atoms with Gasteiger partial charge >= 0.3 is 0 Å². The molecule has 2 saturated heterocycles. The number of nitrogens with two attached hydrogens (primary N) is 1. The molecule has 5 nitrogen and oxygen atoms in total. The van der Waals surface area contributed by atoms with Crippen LogP contribution in [0.3, 0.4) is 0 Å². The number of aryl methyl sites for hydroxylation is 1. The number of halogens is 1. The third kappa shape index (κ3) is 3.73. The molecule has 1 aromatic rings. The molecule has 2 aliphatic rings. The summed E-state index contributed by atoms with van der Waals surface area (Å²) in [6, 6.07) is 8.16. The summed E-state index contributed by atoms with van der Waals surface area (Å²) in [6.07, 6.45) is 2.91. The molecular formula is C18H26ClN3O2. The van der Waals surface area contributed by atoms with Crippen LogP contribution in [0.2, 0.25) is 0 Å². The second-order valence-electron chi connectivity index (χ2n) is 6.55. The average molecular weight is 352 g/mol. The zero-order chi connectivity index (χ0) is 16.4. The maximum absolute atomic E-state index is 12.7. The summed E-state index contributed by atoms with van der Waals surface area (Å²) in [5, 5.41) is 0. The molecule has 0 saturated carbocycles. The number of amides is 2. The number of carbonyl (C=O) groups excluding carboxylic acids is 2. The molecule has 0 radical (unpaired) electrons. The van der Waals surface area contributed by atoms with Crippen molar-refractivity contribution < 1.29 is 9.59 Å². The first-order valence-electron chi connectivity index (χ1n) is 8.52. The summed E-state index contributed by atoms with van der Waals surface area (Å²) >= 11 is 0. The van der Waals surface area contributed by atoms with Crippen LogP contribution in [-0.4, -0.2) is 42.4 Å². The summed E-state index contributed by atoms with van der Waals surface area (Å²) in [4.78, 5) is 28.8. The van der Waals surface area contributed by atoms with Crippen molar-refractivity contribution in [2.24, 2.45) is 11.7 Å². The van der Waals surface area contributed by atoms with Gasteiger partial charge in [-0.25, -0.2) is 0 Å². The zero-order valence-electron chi connectivity index (χ0n) is 14.1. The van der Waals surface area contributed by atoms with E-state index in [9.17, 15) is 9.59 Å². The van der Waals surface area contributed by atoms with Gasteiger partial charge in [0.05, 0.1) is 5.92 Å². The van der Waals surface area contributed by atoms with Gasteiger partial charge in [-0.05, 0) is 30.9 Å². The van der Waals surface area contributed by atoms with E-state index in [1.54, 1.807) is 4.90 Å². The van der Waals surface area contributed by atoms with Crippen LogP contribution in [0.15, 0.2) is 24.3 Å².